The van der Waals surface area contributed by atoms with Crippen molar-refractivity contribution < 1.29 is 9.53 Å². The number of hydrogen-bond donors (Lipinski definition) is 1. The van der Waals surface area contributed by atoms with Gasteiger partial charge in [-0.2, -0.15) is 10.2 Å². The third-order valence-electron chi connectivity index (χ3n) is 3.97. The molecule has 0 bridgehead atoms. The van der Waals surface area contributed by atoms with E-state index in [0.29, 0.717) is 31.1 Å². The van der Waals surface area contributed by atoms with E-state index >= 15 is 0 Å². The minimum Gasteiger partial charge on any atom is -0.360 e. The van der Waals surface area contributed by atoms with E-state index in [4.69, 9.17) is 4.74 Å². The van der Waals surface area contributed by atoms with Crippen LogP contribution < -0.4 is 5.32 Å². The van der Waals surface area contributed by atoms with Crippen LogP contribution in [-0.4, -0.2) is 32.1 Å². The third kappa shape index (κ3) is 4.37. The maximum atomic E-state index is 12.4. The first-order valence-electron chi connectivity index (χ1n) is 8.56. The minimum absolute atomic E-state index is 0.168. The lowest BCUT2D eigenvalue weighted by Gasteiger charge is -2.07. The molecule has 1 amide bonds. The van der Waals surface area contributed by atoms with E-state index in [9.17, 15) is 4.79 Å². The van der Waals surface area contributed by atoms with Crippen LogP contribution in [0.1, 0.15) is 34.2 Å². The topological polar surface area (TPSA) is 74.0 Å². The average molecular weight is 353 g/mol. The molecule has 2 aromatic heterocycles. The summed E-state index contributed by atoms with van der Waals surface area (Å²) in [5.74, 6) is -0.168. The number of ether oxygens (including phenoxy) is 1. The quantitative estimate of drug-likeness (QED) is 0.709. The molecule has 1 aromatic carbocycles. The predicted molar refractivity (Wildman–Crippen MR) is 99.1 cm³/mol. The molecule has 0 fully saturated rings. The second-order valence-electron chi connectivity index (χ2n) is 6.13. The molecule has 0 aliphatic carbocycles. The second kappa shape index (κ2) is 7.97. The molecule has 0 unspecified atom stereocenters. The Balaban J connectivity index is 1.61. The van der Waals surface area contributed by atoms with Crippen LogP contribution in [0.15, 0.2) is 42.7 Å². The molecule has 0 aliphatic heterocycles. The summed E-state index contributed by atoms with van der Waals surface area (Å²) < 4.78 is 8.87. The number of amides is 1. The smallest absolute Gasteiger partial charge is 0.255 e. The minimum atomic E-state index is -0.168. The molecule has 0 radical (unpaired) electrons. The van der Waals surface area contributed by atoms with Crippen LogP contribution in [0.5, 0.6) is 0 Å². The van der Waals surface area contributed by atoms with Crippen LogP contribution in [0.4, 0.5) is 5.69 Å². The van der Waals surface area contributed by atoms with Crippen LogP contribution >= 0.6 is 0 Å². The first kappa shape index (κ1) is 17.9. The number of hydrogen-bond acceptors (Lipinski definition) is 4. The van der Waals surface area contributed by atoms with Gasteiger partial charge >= 0.3 is 0 Å². The van der Waals surface area contributed by atoms with Crippen molar-refractivity contribution in [3.05, 3.63) is 65.2 Å². The van der Waals surface area contributed by atoms with Gasteiger partial charge in [0.2, 0.25) is 0 Å². The summed E-state index contributed by atoms with van der Waals surface area (Å²) in [6.45, 7) is 7.61. The molecule has 136 valence electrons. The fraction of sp³-hybridized carbons (Fsp3) is 0.316. The summed E-state index contributed by atoms with van der Waals surface area (Å²) in [5.41, 5.74) is 4.45. The van der Waals surface area contributed by atoms with Gasteiger partial charge < -0.3 is 10.1 Å². The lowest BCUT2D eigenvalue weighted by Crippen LogP contribution is -2.12. The Kier molecular flexibility index (Phi) is 5.48. The van der Waals surface area contributed by atoms with Gasteiger partial charge in [-0.15, -0.1) is 0 Å². The van der Waals surface area contributed by atoms with E-state index in [1.807, 2.05) is 55.8 Å². The zero-order chi connectivity index (χ0) is 18.5. The van der Waals surface area contributed by atoms with Crippen molar-refractivity contribution in [2.24, 2.45) is 0 Å². The van der Waals surface area contributed by atoms with Crippen molar-refractivity contribution in [2.75, 3.05) is 11.9 Å². The maximum absolute atomic E-state index is 12.4. The van der Waals surface area contributed by atoms with Gasteiger partial charge in [0, 0.05) is 17.9 Å². The SMILES string of the molecule is CCOCn1cc(NC(=O)c2ccc(Cn3nc(C)cc3C)cc2)cn1. The van der Waals surface area contributed by atoms with Gasteiger partial charge in [-0.1, -0.05) is 12.1 Å². The van der Waals surface area contributed by atoms with Gasteiger partial charge in [-0.05, 0) is 44.5 Å². The molecular formula is C19H23N5O2. The van der Waals surface area contributed by atoms with Crippen molar-refractivity contribution in [2.45, 2.75) is 34.0 Å². The molecule has 0 saturated carbocycles. The highest BCUT2D eigenvalue weighted by atomic mass is 16.5. The molecule has 7 heteroatoms. The highest BCUT2D eigenvalue weighted by molar-refractivity contribution is 6.04. The van der Waals surface area contributed by atoms with Gasteiger partial charge in [0.1, 0.15) is 6.73 Å². The van der Waals surface area contributed by atoms with Crippen molar-refractivity contribution >= 4 is 11.6 Å². The lowest BCUT2D eigenvalue weighted by molar-refractivity contribution is 0.0792. The third-order valence-corrected chi connectivity index (χ3v) is 3.97. The van der Waals surface area contributed by atoms with Crippen LogP contribution in [0, 0.1) is 13.8 Å². The van der Waals surface area contributed by atoms with Gasteiger partial charge in [-0.3, -0.25) is 9.48 Å². The molecular weight excluding hydrogens is 330 g/mol. The van der Waals surface area contributed by atoms with E-state index in [1.54, 1.807) is 17.1 Å². The fourth-order valence-corrected chi connectivity index (χ4v) is 2.66. The van der Waals surface area contributed by atoms with Crippen LogP contribution in [0.25, 0.3) is 0 Å². The summed E-state index contributed by atoms with van der Waals surface area (Å²) in [6.07, 6.45) is 3.35. The predicted octanol–water partition coefficient (Wildman–Crippen LogP) is 2.99. The van der Waals surface area contributed by atoms with Crippen LogP contribution in [0.2, 0.25) is 0 Å². The van der Waals surface area contributed by atoms with Gasteiger partial charge in [0.05, 0.1) is 30.3 Å². The molecule has 0 aliphatic rings. The van der Waals surface area contributed by atoms with E-state index in [1.165, 1.54) is 0 Å². The number of rotatable bonds is 7. The van der Waals surface area contributed by atoms with E-state index < -0.39 is 0 Å². The Morgan fingerprint density at radius 3 is 2.65 bits per heavy atom. The molecule has 0 atom stereocenters. The molecule has 26 heavy (non-hydrogen) atoms. The first-order chi connectivity index (χ1) is 12.5. The van der Waals surface area contributed by atoms with E-state index in [-0.39, 0.29) is 5.91 Å². The van der Waals surface area contributed by atoms with Crippen LogP contribution in [-0.2, 0) is 18.0 Å². The van der Waals surface area contributed by atoms with Gasteiger partial charge in [0.15, 0.2) is 0 Å². The molecule has 3 rings (SSSR count). The summed E-state index contributed by atoms with van der Waals surface area (Å²) in [5, 5.41) is 11.4. The van der Waals surface area contributed by atoms with Crippen molar-refractivity contribution in [3.63, 3.8) is 0 Å². The molecule has 1 N–H and O–H groups in total. The molecule has 7 nitrogen and oxygen atoms in total. The standard InChI is InChI=1S/C19H23N5O2/c1-4-26-13-23-12-18(10-20-23)21-19(25)17-7-5-16(6-8-17)11-24-15(3)9-14(2)22-24/h5-10,12H,4,11,13H2,1-3H3,(H,21,25). The summed E-state index contributed by atoms with van der Waals surface area (Å²) >= 11 is 0. The molecule has 0 saturated heterocycles. The number of nitrogens with one attached hydrogen (secondary N) is 1. The zero-order valence-corrected chi connectivity index (χ0v) is 15.3. The van der Waals surface area contributed by atoms with Gasteiger partial charge in [-0.25, -0.2) is 4.68 Å². The summed E-state index contributed by atoms with van der Waals surface area (Å²) in [4.78, 5) is 12.4. The fourth-order valence-electron chi connectivity index (χ4n) is 2.66. The molecule has 0 spiro atoms. The highest BCUT2D eigenvalue weighted by Gasteiger charge is 2.08. The number of nitrogens with zero attached hydrogens (tertiary/aromatic N) is 4. The van der Waals surface area contributed by atoms with E-state index in [2.05, 4.69) is 15.5 Å². The van der Waals surface area contributed by atoms with Crippen molar-refractivity contribution in [3.8, 4) is 0 Å². The Bertz CT molecular complexity index is 880. The first-order valence-corrected chi connectivity index (χ1v) is 8.56. The van der Waals surface area contributed by atoms with Gasteiger partial charge in [0.25, 0.3) is 5.91 Å². The Morgan fingerprint density at radius 2 is 2.00 bits per heavy atom. The highest BCUT2D eigenvalue weighted by Crippen LogP contribution is 2.12. The molecule has 2 heterocycles. The number of aromatic nitrogens is 4. The lowest BCUT2D eigenvalue weighted by atomic mass is 10.1. The normalized spacial score (nSPS) is 10.9. The van der Waals surface area contributed by atoms with Crippen molar-refractivity contribution in [1.82, 2.24) is 19.6 Å². The number of benzene rings is 1. The maximum Gasteiger partial charge on any atom is 0.255 e. The monoisotopic (exact) mass is 353 g/mol. The molecule has 3 aromatic rings. The Labute approximate surface area is 152 Å². The number of carbonyl (C=O) groups excluding carboxylic acids is 1. The van der Waals surface area contributed by atoms with E-state index in [0.717, 1.165) is 17.0 Å². The number of carbonyl (C=O) groups is 1. The Hall–Kier alpha value is -2.93. The van der Waals surface area contributed by atoms with Crippen molar-refractivity contribution in [1.29, 1.82) is 0 Å². The number of anilines is 1. The average Bonchev–Trinajstić information content (AvgIpc) is 3.19. The zero-order valence-electron chi connectivity index (χ0n) is 15.3. The Morgan fingerprint density at radius 1 is 1.23 bits per heavy atom. The summed E-state index contributed by atoms with van der Waals surface area (Å²) in [7, 11) is 0. The summed E-state index contributed by atoms with van der Waals surface area (Å²) in [6, 6.07) is 9.59. The number of aryl methyl sites for hydroxylation is 2. The second-order valence-corrected chi connectivity index (χ2v) is 6.13. The largest absolute Gasteiger partial charge is 0.360 e. The van der Waals surface area contributed by atoms with Crippen LogP contribution in [0.3, 0.4) is 0 Å².